The molecular weight excluding hydrogens is 317 g/mol. The van der Waals surface area contributed by atoms with E-state index in [-0.39, 0.29) is 5.92 Å². The fourth-order valence-corrected chi connectivity index (χ4v) is 2.90. The van der Waals surface area contributed by atoms with Crippen molar-refractivity contribution >= 4 is 35.1 Å². The van der Waals surface area contributed by atoms with Crippen molar-refractivity contribution in [2.24, 2.45) is 9.98 Å². The second-order valence-corrected chi connectivity index (χ2v) is 6.01. The Morgan fingerprint density at radius 1 is 1.41 bits per heavy atom. The third-order valence-electron chi connectivity index (χ3n) is 3.62. The third kappa shape index (κ3) is 3.50. The fraction of sp³-hybridized carbons (Fsp3) is 0.353. The topological polar surface area (TPSA) is 48.5 Å². The van der Waals surface area contributed by atoms with Crippen LogP contribution < -0.4 is 0 Å². The normalized spacial score (nSPS) is 21.0. The molecule has 1 aromatic rings. The molecule has 1 heterocycles. The molecule has 2 unspecified atom stereocenters. The first kappa shape index (κ1) is 16.6. The summed E-state index contributed by atoms with van der Waals surface area (Å²) in [6.07, 6.45) is 8.76. The number of benzene rings is 1. The molecule has 0 bridgehead atoms. The summed E-state index contributed by atoms with van der Waals surface area (Å²) in [7, 11) is 0. The van der Waals surface area contributed by atoms with Crippen LogP contribution in [0.1, 0.15) is 37.7 Å². The third-order valence-corrected chi connectivity index (χ3v) is 4.19. The van der Waals surface area contributed by atoms with E-state index in [4.69, 9.17) is 29.6 Å². The number of nitriles is 1. The van der Waals surface area contributed by atoms with Crippen LogP contribution >= 0.6 is 23.2 Å². The molecule has 2 atom stereocenters. The van der Waals surface area contributed by atoms with Gasteiger partial charge in [0.15, 0.2) is 0 Å². The minimum atomic E-state index is -1.04. The molecule has 0 radical (unpaired) electrons. The number of hydrogen-bond donors (Lipinski definition) is 0. The van der Waals surface area contributed by atoms with Crippen LogP contribution in [-0.4, -0.2) is 17.6 Å². The number of halogens is 2. The summed E-state index contributed by atoms with van der Waals surface area (Å²) < 4.78 is 0. The summed E-state index contributed by atoms with van der Waals surface area (Å²) >= 11 is 12.2. The number of hydrogen-bond acceptors (Lipinski definition) is 3. The predicted molar refractivity (Wildman–Crippen MR) is 91.8 cm³/mol. The summed E-state index contributed by atoms with van der Waals surface area (Å²) in [5.74, 6) is 2.51. The Morgan fingerprint density at radius 2 is 2.18 bits per heavy atom. The van der Waals surface area contributed by atoms with Gasteiger partial charge in [0.2, 0.25) is 5.66 Å². The zero-order valence-electron chi connectivity index (χ0n) is 12.2. The van der Waals surface area contributed by atoms with Crippen LogP contribution in [0.3, 0.4) is 0 Å². The lowest BCUT2D eigenvalue weighted by Crippen LogP contribution is -2.19. The predicted octanol–water partition coefficient (Wildman–Crippen LogP) is 4.65. The van der Waals surface area contributed by atoms with Crippen molar-refractivity contribution in [3.05, 3.63) is 33.8 Å². The number of unbranched alkanes of at least 4 members (excludes halogenated alkanes) is 1. The van der Waals surface area contributed by atoms with Gasteiger partial charge in [-0.3, -0.25) is 0 Å². The summed E-state index contributed by atoms with van der Waals surface area (Å²) in [5, 5.41) is 10.6. The van der Waals surface area contributed by atoms with Gasteiger partial charge in [-0.05, 0) is 24.1 Å². The second-order valence-electron chi connectivity index (χ2n) is 5.17. The first-order chi connectivity index (χ1) is 10.5. The first-order valence-corrected chi connectivity index (χ1v) is 7.71. The highest BCUT2D eigenvalue weighted by Crippen LogP contribution is 2.32. The van der Waals surface area contributed by atoms with E-state index < -0.39 is 5.66 Å². The van der Waals surface area contributed by atoms with E-state index in [2.05, 4.69) is 22.0 Å². The maximum atomic E-state index is 9.41. The average molecular weight is 332 g/mol. The molecule has 112 valence electrons. The van der Waals surface area contributed by atoms with Gasteiger partial charge < -0.3 is 0 Å². The monoisotopic (exact) mass is 331 g/mol. The number of nitrogens with zero attached hydrogens (tertiary/aromatic N) is 3. The van der Waals surface area contributed by atoms with Crippen molar-refractivity contribution in [1.29, 1.82) is 5.26 Å². The first-order valence-electron chi connectivity index (χ1n) is 6.96. The van der Waals surface area contributed by atoms with Crippen LogP contribution in [0.25, 0.3) is 0 Å². The number of terminal acetylenes is 1. The standard InChI is InChI=1S/C17H15Cl2N3/c1-3-4-5-8-17(11-20)21-10-16(22-17)12(2)14-7-6-13(18)9-15(14)19/h1,6-7,9-10,12H,4-5,8H2,2H3. The Kier molecular flexibility index (Phi) is 5.24. The molecule has 1 aromatic carbocycles. The van der Waals surface area contributed by atoms with Crippen molar-refractivity contribution in [3.8, 4) is 18.4 Å². The highest BCUT2D eigenvalue weighted by molar-refractivity contribution is 6.37. The highest BCUT2D eigenvalue weighted by atomic mass is 35.5. The molecule has 0 spiro atoms. The molecule has 3 nitrogen and oxygen atoms in total. The molecule has 2 rings (SSSR count). The maximum Gasteiger partial charge on any atom is 0.237 e. The van der Waals surface area contributed by atoms with E-state index >= 15 is 0 Å². The molecule has 22 heavy (non-hydrogen) atoms. The van der Waals surface area contributed by atoms with Crippen molar-refractivity contribution < 1.29 is 0 Å². The molecule has 0 saturated heterocycles. The summed E-state index contributed by atoms with van der Waals surface area (Å²) in [5.41, 5.74) is 0.611. The van der Waals surface area contributed by atoms with Crippen molar-refractivity contribution in [3.63, 3.8) is 0 Å². The molecule has 5 heteroatoms. The fourth-order valence-electron chi connectivity index (χ4n) is 2.33. The Balaban J connectivity index is 2.23. The lowest BCUT2D eigenvalue weighted by molar-refractivity contribution is 0.517. The summed E-state index contributed by atoms with van der Waals surface area (Å²) in [6.45, 7) is 1.98. The maximum absolute atomic E-state index is 9.41. The van der Waals surface area contributed by atoms with Crippen molar-refractivity contribution in [2.45, 2.75) is 37.8 Å². The lowest BCUT2D eigenvalue weighted by Gasteiger charge is -2.15. The Morgan fingerprint density at radius 3 is 2.82 bits per heavy atom. The van der Waals surface area contributed by atoms with Gasteiger partial charge in [-0.1, -0.05) is 36.2 Å². The van der Waals surface area contributed by atoms with E-state index in [1.54, 1.807) is 18.3 Å². The smallest absolute Gasteiger partial charge is 0.237 e. The van der Waals surface area contributed by atoms with Crippen LogP contribution in [0.4, 0.5) is 0 Å². The van der Waals surface area contributed by atoms with E-state index in [0.29, 0.717) is 29.3 Å². The minimum absolute atomic E-state index is 0.0589. The molecule has 1 aliphatic rings. The Hall–Kier alpha value is -1.81. The van der Waals surface area contributed by atoms with E-state index in [1.165, 1.54) is 0 Å². The van der Waals surface area contributed by atoms with Crippen LogP contribution in [0.5, 0.6) is 0 Å². The molecular formula is C17H15Cl2N3. The molecule has 1 aliphatic heterocycles. The molecule has 0 fully saturated rings. The Bertz CT molecular complexity index is 710. The van der Waals surface area contributed by atoms with Gasteiger partial charge >= 0.3 is 0 Å². The second kappa shape index (κ2) is 6.97. The van der Waals surface area contributed by atoms with Crippen LogP contribution in [0, 0.1) is 23.7 Å². The van der Waals surface area contributed by atoms with Gasteiger partial charge in [0.1, 0.15) is 6.07 Å². The number of aliphatic imine (C=N–C) groups is 2. The quantitative estimate of drug-likeness (QED) is 0.572. The van der Waals surface area contributed by atoms with E-state index in [0.717, 1.165) is 11.3 Å². The van der Waals surface area contributed by atoms with Gasteiger partial charge in [0, 0.05) is 35.0 Å². The van der Waals surface area contributed by atoms with Crippen molar-refractivity contribution in [1.82, 2.24) is 0 Å². The van der Waals surface area contributed by atoms with Gasteiger partial charge in [-0.15, -0.1) is 12.3 Å². The van der Waals surface area contributed by atoms with Crippen LogP contribution in [0.2, 0.25) is 10.0 Å². The van der Waals surface area contributed by atoms with E-state index in [1.807, 2.05) is 13.0 Å². The van der Waals surface area contributed by atoms with Gasteiger partial charge in [-0.2, -0.15) is 5.26 Å². The van der Waals surface area contributed by atoms with Crippen LogP contribution in [0.15, 0.2) is 28.2 Å². The zero-order chi connectivity index (χ0) is 16.2. The van der Waals surface area contributed by atoms with Gasteiger partial charge in [0.05, 0.1) is 5.71 Å². The SMILES string of the molecule is C#CCCCC1(C#N)N=CC(C(C)c2ccc(Cl)cc2Cl)=N1. The molecule has 0 aromatic heterocycles. The zero-order valence-corrected chi connectivity index (χ0v) is 13.7. The lowest BCUT2D eigenvalue weighted by atomic mass is 9.96. The van der Waals surface area contributed by atoms with Gasteiger partial charge in [-0.25, -0.2) is 9.98 Å². The average Bonchev–Trinajstić information content (AvgIpc) is 2.92. The van der Waals surface area contributed by atoms with E-state index in [9.17, 15) is 5.26 Å². The summed E-state index contributed by atoms with van der Waals surface area (Å²) in [4.78, 5) is 8.83. The Labute approximate surface area is 140 Å². The van der Waals surface area contributed by atoms with Gasteiger partial charge in [0.25, 0.3) is 0 Å². The van der Waals surface area contributed by atoms with Crippen LogP contribution in [-0.2, 0) is 0 Å². The molecule has 0 N–H and O–H groups in total. The molecule has 0 amide bonds. The largest absolute Gasteiger partial charge is 0.247 e. The highest BCUT2D eigenvalue weighted by Gasteiger charge is 2.33. The van der Waals surface area contributed by atoms with Crippen molar-refractivity contribution in [2.75, 3.05) is 0 Å². The molecule has 0 saturated carbocycles. The minimum Gasteiger partial charge on any atom is -0.247 e. The molecule has 0 aliphatic carbocycles. The summed E-state index contributed by atoms with van der Waals surface area (Å²) in [6, 6.07) is 7.55. The number of rotatable bonds is 5.